The van der Waals surface area contributed by atoms with Crippen LogP contribution < -0.4 is 10.8 Å². The van der Waals surface area contributed by atoms with Crippen LogP contribution in [0.3, 0.4) is 0 Å². The summed E-state index contributed by atoms with van der Waals surface area (Å²) in [6.07, 6.45) is 1.84. The van der Waals surface area contributed by atoms with E-state index in [2.05, 4.69) is 10.3 Å². The van der Waals surface area contributed by atoms with Crippen molar-refractivity contribution in [3.63, 3.8) is 0 Å². The fourth-order valence-corrected chi connectivity index (χ4v) is 2.54. The topological polar surface area (TPSA) is 63.5 Å². The molecule has 0 aliphatic heterocycles. The molecular formula is C21H18FN3O2. The number of carbonyl (C=O) groups is 2. The second kappa shape index (κ2) is 8.71. The van der Waals surface area contributed by atoms with Crippen molar-refractivity contribution in [3.05, 3.63) is 101 Å². The largest absolute Gasteiger partial charge is 0.343 e. The molecule has 0 unspecified atom stereocenters. The molecule has 0 aliphatic carbocycles. The molecule has 0 saturated heterocycles. The second-order valence-electron chi connectivity index (χ2n) is 5.87. The highest BCUT2D eigenvalue weighted by atomic mass is 19.1. The first kappa shape index (κ1) is 18.3. The van der Waals surface area contributed by atoms with Crippen LogP contribution in [0.25, 0.3) is 0 Å². The van der Waals surface area contributed by atoms with Crippen LogP contribution in [0.2, 0.25) is 0 Å². The van der Waals surface area contributed by atoms with E-state index in [1.54, 1.807) is 12.1 Å². The number of hydrogen-bond donors (Lipinski definition) is 1. The molecule has 0 spiro atoms. The standard InChI is InChI=1S/C21H18FN3O2/c22-18-10-6-9-17(13-18)21(27)23-14-20(26)24-19-11-4-5-12-25(19)15-16-7-2-1-3-8-16/h1-13H,14-15H2,(H,23,27). The number of nitrogens with zero attached hydrogens (tertiary/aromatic N) is 2. The lowest BCUT2D eigenvalue weighted by molar-refractivity contribution is -0.117. The number of nitrogens with one attached hydrogen (secondary N) is 1. The molecule has 2 aromatic carbocycles. The molecule has 0 fully saturated rings. The van der Waals surface area contributed by atoms with Crippen LogP contribution in [0.15, 0.2) is 84.0 Å². The van der Waals surface area contributed by atoms with Gasteiger partial charge in [-0.2, -0.15) is 4.99 Å². The zero-order valence-corrected chi connectivity index (χ0v) is 14.5. The van der Waals surface area contributed by atoms with E-state index in [-0.39, 0.29) is 12.1 Å². The first-order valence-corrected chi connectivity index (χ1v) is 8.42. The Bertz CT molecular complexity index is 1010. The highest BCUT2D eigenvalue weighted by molar-refractivity contribution is 5.96. The Hall–Kier alpha value is -3.54. The molecular weight excluding hydrogens is 345 g/mol. The quantitative estimate of drug-likeness (QED) is 0.757. The molecule has 0 bridgehead atoms. The van der Waals surface area contributed by atoms with Crippen molar-refractivity contribution in [3.8, 4) is 0 Å². The van der Waals surface area contributed by atoms with E-state index >= 15 is 0 Å². The number of rotatable bonds is 5. The van der Waals surface area contributed by atoms with Crippen molar-refractivity contribution < 1.29 is 14.0 Å². The normalized spacial score (nSPS) is 11.2. The van der Waals surface area contributed by atoms with Gasteiger partial charge in [-0.25, -0.2) is 4.39 Å². The summed E-state index contributed by atoms with van der Waals surface area (Å²) in [5.74, 6) is -1.53. The number of benzene rings is 2. The van der Waals surface area contributed by atoms with Gasteiger partial charge in [-0.3, -0.25) is 9.59 Å². The van der Waals surface area contributed by atoms with E-state index in [1.807, 2.05) is 47.2 Å². The average molecular weight is 363 g/mol. The number of carbonyl (C=O) groups excluding carboxylic acids is 2. The molecule has 0 atom stereocenters. The highest BCUT2D eigenvalue weighted by Gasteiger charge is 2.08. The summed E-state index contributed by atoms with van der Waals surface area (Å²) in [7, 11) is 0. The van der Waals surface area contributed by atoms with Crippen LogP contribution in [0, 0.1) is 5.82 Å². The van der Waals surface area contributed by atoms with Gasteiger partial charge in [-0.05, 0) is 35.9 Å². The predicted molar refractivity (Wildman–Crippen MR) is 99.3 cm³/mol. The number of pyridine rings is 1. The van der Waals surface area contributed by atoms with Gasteiger partial charge in [0.25, 0.3) is 11.8 Å². The van der Waals surface area contributed by atoms with Gasteiger partial charge in [-0.1, -0.05) is 42.5 Å². The van der Waals surface area contributed by atoms with Crippen molar-refractivity contribution in [2.24, 2.45) is 4.99 Å². The minimum Gasteiger partial charge on any atom is -0.343 e. The van der Waals surface area contributed by atoms with Gasteiger partial charge in [0.15, 0.2) is 0 Å². The Labute approximate surface area is 155 Å². The molecule has 136 valence electrons. The molecule has 0 aliphatic rings. The zero-order chi connectivity index (χ0) is 19.1. The third-order valence-electron chi connectivity index (χ3n) is 3.84. The van der Waals surface area contributed by atoms with Crippen molar-refractivity contribution in [2.45, 2.75) is 6.54 Å². The van der Waals surface area contributed by atoms with E-state index in [1.165, 1.54) is 18.2 Å². The van der Waals surface area contributed by atoms with Gasteiger partial charge in [0.1, 0.15) is 11.3 Å². The lowest BCUT2D eigenvalue weighted by Crippen LogP contribution is -2.31. The summed E-state index contributed by atoms with van der Waals surface area (Å²) in [6.45, 7) is 0.305. The van der Waals surface area contributed by atoms with Gasteiger partial charge < -0.3 is 9.88 Å². The Balaban J connectivity index is 1.69. The van der Waals surface area contributed by atoms with E-state index in [9.17, 15) is 14.0 Å². The third kappa shape index (κ3) is 5.22. The van der Waals surface area contributed by atoms with Crippen LogP contribution in [0.4, 0.5) is 4.39 Å². The Morgan fingerprint density at radius 3 is 2.52 bits per heavy atom. The molecule has 5 nitrogen and oxygen atoms in total. The Morgan fingerprint density at radius 2 is 1.74 bits per heavy atom. The maximum Gasteiger partial charge on any atom is 0.267 e. The zero-order valence-electron chi connectivity index (χ0n) is 14.5. The smallest absolute Gasteiger partial charge is 0.267 e. The van der Waals surface area contributed by atoms with Crippen molar-refractivity contribution in [1.29, 1.82) is 0 Å². The average Bonchev–Trinajstić information content (AvgIpc) is 2.68. The van der Waals surface area contributed by atoms with Crippen LogP contribution in [-0.2, 0) is 11.3 Å². The fourth-order valence-electron chi connectivity index (χ4n) is 2.54. The SMILES string of the molecule is O=C(CNC(=O)c1cccc(F)c1)N=c1ccccn1Cc1ccccc1. The second-order valence-corrected chi connectivity index (χ2v) is 5.87. The van der Waals surface area contributed by atoms with Gasteiger partial charge in [0.05, 0.1) is 6.54 Å². The lowest BCUT2D eigenvalue weighted by Gasteiger charge is -2.07. The van der Waals surface area contributed by atoms with Crippen molar-refractivity contribution in [1.82, 2.24) is 9.88 Å². The summed E-state index contributed by atoms with van der Waals surface area (Å²) in [6, 6.07) is 20.5. The van der Waals surface area contributed by atoms with Crippen LogP contribution in [-0.4, -0.2) is 22.9 Å². The van der Waals surface area contributed by atoms with Gasteiger partial charge >= 0.3 is 0 Å². The monoisotopic (exact) mass is 363 g/mol. The first-order chi connectivity index (χ1) is 13.1. The molecule has 1 heterocycles. The molecule has 2 amide bonds. The van der Waals surface area contributed by atoms with Gasteiger partial charge in [-0.15, -0.1) is 0 Å². The maximum absolute atomic E-state index is 13.2. The van der Waals surface area contributed by atoms with Gasteiger partial charge in [0.2, 0.25) is 0 Å². The first-order valence-electron chi connectivity index (χ1n) is 8.42. The lowest BCUT2D eigenvalue weighted by atomic mass is 10.2. The molecule has 1 aromatic heterocycles. The van der Waals surface area contributed by atoms with E-state index in [4.69, 9.17) is 0 Å². The Morgan fingerprint density at radius 1 is 0.963 bits per heavy atom. The minimum absolute atomic E-state index is 0.154. The van der Waals surface area contributed by atoms with Gasteiger partial charge in [0, 0.05) is 18.3 Å². The highest BCUT2D eigenvalue weighted by Crippen LogP contribution is 2.03. The molecule has 6 heteroatoms. The molecule has 3 aromatic rings. The predicted octanol–water partition coefficient (Wildman–Crippen LogP) is 2.53. The minimum atomic E-state index is -0.525. The molecule has 27 heavy (non-hydrogen) atoms. The van der Waals surface area contributed by atoms with E-state index in [0.29, 0.717) is 12.0 Å². The number of aromatic nitrogens is 1. The Kier molecular flexibility index (Phi) is 5.89. The summed E-state index contributed by atoms with van der Waals surface area (Å²) in [5, 5.41) is 2.46. The van der Waals surface area contributed by atoms with Crippen molar-refractivity contribution in [2.75, 3.05) is 6.54 Å². The molecule has 0 radical (unpaired) electrons. The summed E-state index contributed by atoms with van der Waals surface area (Å²) in [5.41, 5.74) is 1.73. The molecule has 3 rings (SSSR count). The van der Waals surface area contributed by atoms with Crippen LogP contribution in [0.1, 0.15) is 15.9 Å². The van der Waals surface area contributed by atoms with Crippen LogP contribution >= 0.6 is 0 Å². The van der Waals surface area contributed by atoms with E-state index < -0.39 is 17.6 Å². The molecule has 1 N–H and O–H groups in total. The maximum atomic E-state index is 13.2. The number of halogens is 1. The number of hydrogen-bond acceptors (Lipinski definition) is 2. The fraction of sp³-hybridized carbons (Fsp3) is 0.0952. The number of amides is 2. The third-order valence-corrected chi connectivity index (χ3v) is 3.84. The molecule has 0 saturated carbocycles. The summed E-state index contributed by atoms with van der Waals surface area (Å²) < 4.78 is 15.0. The van der Waals surface area contributed by atoms with Crippen LogP contribution in [0.5, 0.6) is 0 Å². The summed E-state index contributed by atoms with van der Waals surface area (Å²) >= 11 is 0. The van der Waals surface area contributed by atoms with Crippen molar-refractivity contribution >= 4 is 11.8 Å². The summed E-state index contributed by atoms with van der Waals surface area (Å²) in [4.78, 5) is 28.2. The van der Waals surface area contributed by atoms with E-state index in [0.717, 1.165) is 11.6 Å².